The number of benzene rings is 1. The quantitative estimate of drug-likeness (QED) is 0.728. The number of likely N-dealkylation sites (N-methyl/N-ethyl adjacent to an activating group) is 1. The maximum absolute atomic E-state index is 12.5. The van der Waals surface area contributed by atoms with Crippen LogP contribution in [-0.4, -0.2) is 50.8 Å². The Kier molecular flexibility index (Phi) is 5.64. The third-order valence-corrected chi connectivity index (χ3v) is 6.84. The van der Waals surface area contributed by atoms with Crippen LogP contribution < -0.4 is 0 Å². The molecule has 20 heavy (non-hydrogen) atoms. The summed E-state index contributed by atoms with van der Waals surface area (Å²) >= 11 is 6.65. The molecule has 0 radical (unpaired) electrons. The van der Waals surface area contributed by atoms with Gasteiger partial charge in [0.1, 0.15) is 0 Å². The molecule has 0 aliphatic carbocycles. The Bertz CT molecular complexity index is 572. The van der Waals surface area contributed by atoms with Gasteiger partial charge in [-0.25, -0.2) is 8.42 Å². The summed E-state index contributed by atoms with van der Waals surface area (Å²) in [5.41, 5.74) is 0. The number of hydrogen-bond donors (Lipinski definition) is 0. The minimum atomic E-state index is -3.44. The fourth-order valence-corrected chi connectivity index (χ4v) is 5.12. The van der Waals surface area contributed by atoms with E-state index >= 15 is 0 Å². The minimum Gasteiger partial charge on any atom is -0.302 e. The molecule has 2 rings (SSSR count). The molecule has 4 nitrogen and oxygen atoms in total. The molecule has 1 aromatic rings. The van der Waals surface area contributed by atoms with Gasteiger partial charge >= 0.3 is 0 Å². The van der Waals surface area contributed by atoms with Gasteiger partial charge < -0.3 is 4.90 Å². The normalized spacial score (nSPS) is 17.0. The molecule has 1 heterocycles. The number of likely N-dealkylation sites (tertiary alicyclic amines) is 1. The van der Waals surface area contributed by atoms with Crippen molar-refractivity contribution in [2.75, 3.05) is 33.2 Å². The Morgan fingerprint density at radius 1 is 1.25 bits per heavy atom. The maximum Gasteiger partial charge on any atom is 0.243 e. The van der Waals surface area contributed by atoms with E-state index in [1.54, 1.807) is 25.2 Å². The topological polar surface area (TPSA) is 40.6 Å². The number of rotatable bonds is 5. The van der Waals surface area contributed by atoms with E-state index in [0.29, 0.717) is 15.9 Å². The summed E-state index contributed by atoms with van der Waals surface area (Å²) in [7, 11) is -1.80. The molecule has 1 aliphatic heterocycles. The van der Waals surface area contributed by atoms with E-state index in [9.17, 15) is 8.42 Å². The highest BCUT2D eigenvalue weighted by Crippen LogP contribution is 2.27. The van der Waals surface area contributed by atoms with Gasteiger partial charge in [-0.2, -0.15) is 4.31 Å². The lowest BCUT2D eigenvalue weighted by Crippen LogP contribution is -2.35. The Balaban J connectivity index is 2.08. The summed E-state index contributed by atoms with van der Waals surface area (Å²) in [6.07, 6.45) is 2.43. The SMILES string of the molecule is CN(CCN1CCCC1)S(=O)(=O)c1ccc(Br)cc1Br. The number of hydrogen-bond acceptors (Lipinski definition) is 3. The van der Waals surface area contributed by atoms with Gasteiger partial charge in [-0.1, -0.05) is 15.9 Å². The molecule has 0 saturated carbocycles. The van der Waals surface area contributed by atoms with Crippen LogP contribution in [-0.2, 0) is 10.0 Å². The average molecular weight is 426 g/mol. The molecule has 7 heteroatoms. The second-order valence-corrected chi connectivity index (χ2v) is 8.73. The van der Waals surface area contributed by atoms with Crippen LogP contribution in [0.2, 0.25) is 0 Å². The molecule has 1 saturated heterocycles. The van der Waals surface area contributed by atoms with Crippen molar-refractivity contribution in [2.24, 2.45) is 0 Å². The second-order valence-electron chi connectivity index (χ2n) is 4.95. The second kappa shape index (κ2) is 6.87. The first-order valence-corrected chi connectivity index (χ1v) is 9.57. The molecule has 0 N–H and O–H groups in total. The van der Waals surface area contributed by atoms with Crippen molar-refractivity contribution in [3.63, 3.8) is 0 Å². The Morgan fingerprint density at radius 2 is 1.90 bits per heavy atom. The van der Waals surface area contributed by atoms with Gasteiger partial charge in [0.2, 0.25) is 10.0 Å². The summed E-state index contributed by atoms with van der Waals surface area (Å²) in [6.45, 7) is 3.47. The standard InChI is InChI=1S/C13H18Br2N2O2S/c1-16(8-9-17-6-2-3-7-17)20(18,19)13-5-4-11(14)10-12(13)15/h4-5,10H,2-3,6-9H2,1H3. The summed E-state index contributed by atoms with van der Waals surface area (Å²) in [6, 6.07) is 5.11. The van der Waals surface area contributed by atoms with Crippen LogP contribution in [0.5, 0.6) is 0 Å². The first-order valence-electron chi connectivity index (χ1n) is 6.55. The molecule has 1 fully saturated rings. The first-order chi connectivity index (χ1) is 9.41. The third-order valence-electron chi connectivity index (χ3n) is 3.51. The van der Waals surface area contributed by atoms with Crippen LogP contribution in [0, 0.1) is 0 Å². The molecular formula is C13H18Br2N2O2S. The van der Waals surface area contributed by atoms with E-state index in [2.05, 4.69) is 36.8 Å². The van der Waals surface area contributed by atoms with Gasteiger partial charge in [0.25, 0.3) is 0 Å². The van der Waals surface area contributed by atoms with Crippen LogP contribution in [0.3, 0.4) is 0 Å². The molecule has 0 aromatic heterocycles. The van der Waals surface area contributed by atoms with E-state index in [1.165, 1.54) is 17.1 Å². The summed E-state index contributed by atoms with van der Waals surface area (Å²) < 4.78 is 27.9. The Morgan fingerprint density at radius 3 is 2.50 bits per heavy atom. The van der Waals surface area contributed by atoms with Crippen molar-refractivity contribution in [1.29, 1.82) is 0 Å². The van der Waals surface area contributed by atoms with Crippen molar-refractivity contribution in [2.45, 2.75) is 17.7 Å². The fourth-order valence-electron chi connectivity index (χ4n) is 2.26. The van der Waals surface area contributed by atoms with E-state index in [4.69, 9.17) is 0 Å². The number of halogens is 2. The van der Waals surface area contributed by atoms with Crippen molar-refractivity contribution in [1.82, 2.24) is 9.21 Å². The van der Waals surface area contributed by atoms with E-state index in [1.807, 2.05) is 0 Å². The zero-order chi connectivity index (χ0) is 14.8. The number of sulfonamides is 1. The first kappa shape index (κ1) is 16.4. The molecule has 1 aromatic carbocycles. The molecule has 0 spiro atoms. The molecular weight excluding hydrogens is 408 g/mol. The average Bonchev–Trinajstić information content (AvgIpc) is 2.88. The van der Waals surface area contributed by atoms with Gasteiger partial charge in [0.15, 0.2) is 0 Å². The lowest BCUT2D eigenvalue weighted by molar-refractivity contribution is 0.310. The Hall–Kier alpha value is 0.0500. The van der Waals surface area contributed by atoms with Gasteiger partial charge in [-0.15, -0.1) is 0 Å². The third kappa shape index (κ3) is 3.82. The van der Waals surface area contributed by atoms with Crippen LogP contribution >= 0.6 is 31.9 Å². The summed E-state index contributed by atoms with van der Waals surface area (Å²) in [5, 5.41) is 0. The lowest BCUT2D eigenvalue weighted by Gasteiger charge is -2.21. The smallest absolute Gasteiger partial charge is 0.243 e. The van der Waals surface area contributed by atoms with Gasteiger partial charge in [-0.3, -0.25) is 0 Å². The minimum absolute atomic E-state index is 0.310. The molecule has 1 aliphatic rings. The predicted molar refractivity (Wildman–Crippen MR) is 87.3 cm³/mol. The maximum atomic E-state index is 12.5. The molecule has 0 unspecified atom stereocenters. The van der Waals surface area contributed by atoms with E-state index in [0.717, 1.165) is 24.1 Å². The largest absolute Gasteiger partial charge is 0.302 e. The molecule has 0 atom stereocenters. The Labute approximate surface area is 137 Å². The highest BCUT2D eigenvalue weighted by atomic mass is 79.9. The fraction of sp³-hybridized carbons (Fsp3) is 0.538. The van der Waals surface area contributed by atoms with Crippen molar-refractivity contribution < 1.29 is 8.42 Å². The van der Waals surface area contributed by atoms with Crippen LogP contribution in [0.1, 0.15) is 12.8 Å². The number of nitrogens with zero attached hydrogens (tertiary/aromatic N) is 2. The van der Waals surface area contributed by atoms with Crippen LogP contribution in [0.15, 0.2) is 32.0 Å². The van der Waals surface area contributed by atoms with E-state index < -0.39 is 10.0 Å². The zero-order valence-corrected chi connectivity index (χ0v) is 15.3. The molecule has 0 amide bonds. The highest BCUT2D eigenvalue weighted by molar-refractivity contribution is 9.11. The van der Waals surface area contributed by atoms with Crippen molar-refractivity contribution in [3.05, 3.63) is 27.1 Å². The van der Waals surface area contributed by atoms with Crippen molar-refractivity contribution in [3.8, 4) is 0 Å². The highest BCUT2D eigenvalue weighted by Gasteiger charge is 2.24. The van der Waals surface area contributed by atoms with Gasteiger partial charge in [0, 0.05) is 29.1 Å². The summed E-state index contributed by atoms with van der Waals surface area (Å²) in [5.74, 6) is 0. The monoisotopic (exact) mass is 424 g/mol. The van der Waals surface area contributed by atoms with E-state index in [-0.39, 0.29) is 0 Å². The zero-order valence-electron chi connectivity index (χ0n) is 11.3. The summed E-state index contributed by atoms with van der Waals surface area (Å²) in [4.78, 5) is 2.62. The van der Waals surface area contributed by atoms with Gasteiger partial charge in [-0.05, 0) is 60.1 Å². The molecule has 0 bridgehead atoms. The van der Waals surface area contributed by atoms with Crippen LogP contribution in [0.25, 0.3) is 0 Å². The van der Waals surface area contributed by atoms with Crippen molar-refractivity contribution >= 4 is 41.9 Å². The molecule has 112 valence electrons. The van der Waals surface area contributed by atoms with Gasteiger partial charge in [0.05, 0.1) is 4.90 Å². The predicted octanol–water partition coefficient (Wildman–Crippen LogP) is 2.93. The van der Waals surface area contributed by atoms with Crippen LogP contribution in [0.4, 0.5) is 0 Å². The lowest BCUT2D eigenvalue weighted by atomic mass is 10.4.